The van der Waals surface area contributed by atoms with Gasteiger partial charge in [-0.25, -0.2) is 4.79 Å². The lowest BCUT2D eigenvalue weighted by Gasteiger charge is -2.07. The maximum absolute atomic E-state index is 12.2. The summed E-state index contributed by atoms with van der Waals surface area (Å²) in [6.07, 6.45) is 0.128. The maximum Gasteiger partial charge on any atom is 0.337 e. The molecule has 0 aliphatic rings. The molecule has 3 aromatic rings. The van der Waals surface area contributed by atoms with Gasteiger partial charge in [-0.15, -0.1) is 0 Å². The predicted molar refractivity (Wildman–Crippen MR) is 96.3 cm³/mol. The molecule has 0 unspecified atom stereocenters. The minimum Gasteiger partial charge on any atom is -0.465 e. The average molecular weight is 335 g/mol. The Morgan fingerprint density at radius 1 is 1.08 bits per heavy atom. The van der Waals surface area contributed by atoms with E-state index in [1.165, 1.54) is 7.11 Å². The highest BCUT2D eigenvalue weighted by Crippen LogP contribution is 2.19. The molecular formula is C19H17N3O3. The summed E-state index contributed by atoms with van der Waals surface area (Å²) in [7, 11) is 1.32. The number of nitrogens with zero attached hydrogens (tertiary/aromatic N) is 1. The van der Waals surface area contributed by atoms with Crippen LogP contribution in [-0.2, 0) is 16.0 Å². The average Bonchev–Trinajstić information content (AvgIpc) is 2.62. The Labute approximate surface area is 144 Å². The largest absolute Gasteiger partial charge is 0.465 e. The first kappa shape index (κ1) is 16.4. The molecule has 25 heavy (non-hydrogen) atoms. The van der Waals surface area contributed by atoms with Gasteiger partial charge in [-0.2, -0.15) is 0 Å². The number of hydrogen-bond acceptors (Lipinski definition) is 5. The van der Waals surface area contributed by atoms with Crippen LogP contribution in [0.25, 0.3) is 10.9 Å². The van der Waals surface area contributed by atoms with Crippen molar-refractivity contribution in [1.29, 1.82) is 0 Å². The predicted octanol–water partition coefficient (Wildman–Crippen LogP) is 2.78. The van der Waals surface area contributed by atoms with Crippen molar-refractivity contribution in [1.82, 2.24) is 4.98 Å². The fourth-order valence-electron chi connectivity index (χ4n) is 2.49. The lowest BCUT2D eigenvalue weighted by atomic mass is 10.1. The van der Waals surface area contributed by atoms with Crippen LogP contribution in [0.2, 0.25) is 0 Å². The second-order valence-corrected chi connectivity index (χ2v) is 5.52. The van der Waals surface area contributed by atoms with E-state index in [1.54, 1.807) is 30.3 Å². The van der Waals surface area contributed by atoms with Crippen LogP contribution in [0, 0.1) is 0 Å². The van der Waals surface area contributed by atoms with Crippen LogP contribution >= 0.6 is 0 Å². The summed E-state index contributed by atoms with van der Waals surface area (Å²) in [5.74, 6) is -0.622. The number of methoxy groups -OCH3 is 1. The Balaban J connectivity index is 1.70. The molecular weight excluding hydrogens is 318 g/mol. The molecule has 1 amide bonds. The lowest BCUT2D eigenvalue weighted by molar-refractivity contribution is -0.115. The zero-order chi connectivity index (χ0) is 17.8. The molecule has 1 heterocycles. The van der Waals surface area contributed by atoms with Crippen LogP contribution in [0.1, 0.15) is 16.1 Å². The van der Waals surface area contributed by atoms with E-state index in [4.69, 9.17) is 5.73 Å². The molecule has 0 atom stereocenters. The van der Waals surface area contributed by atoms with Crippen molar-refractivity contribution in [3.63, 3.8) is 0 Å². The molecule has 0 aliphatic carbocycles. The van der Waals surface area contributed by atoms with Crippen LogP contribution in [0.5, 0.6) is 0 Å². The molecule has 0 spiro atoms. The van der Waals surface area contributed by atoms with Crippen LogP contribution in [0.15, 0.2) is 54.6 Å². The number of nitrogen functional groups attached to an aromatic ring is 1. The molecule has 2 aromatic carbocycles. The number of para-hydroxylation sites is 1. The molecule has 1 aromatic heterocycles. The van der Waals surface area contributed by atoms with Crippen molar-refractivity contribution in [2.75, 3.05) is 18.2 Å². The monoisotopic (exact) mass is 335 g/mol. The van der Waals surface area contributed by atoms with Gasteiger partial charge < -0.3 is 15.8 Å². The summed E-state index contributed by atoms with van der Waals surface area (Å²) in [6, 6.07) is 15.8. The number of amides is 1. The van der Waals surface area contributed by atoms with Gasteiger partial charge in [0.2, 0.25) is 5.91 Å². The van der Waals surface area contributed by atoms with Crippen molar-refractivity contribution in [3.05, 3.63) is 65.9 Å². The maximum atomic E-state index is 12.2. The number of fused-ring (bicyclic) bond motifs is 1. The molecule has 6 heteroatoms. The van der Waals surface area contributed by atoms with Gasteiger partial charge in [-0.1, -0.05) is 18.2 Å². The number of rotatable bonds is 4. The molecule has 0 radical (unpaired) electrons. The number of nitrogens with one attached hydrogen (secondary N) is 1. The zero-order valence-electron chi connectivity index (χ0n) is 13.7. The first-order valence-electron chi connectivity index (χ1n) is 7.69. The van der Waals surface area contributed by atoms with Crippen LogP contribution in [0.3, 0.4) is 0 Å². The van der Waals surface area contributed by atoms with E-state index in [0.29, 0.717) is 28.1 Å². The Morgan fingerprint density at radius 2 is 1.84 bits per heavy atom. The van der Waals surface area contributed by atoms with Gasteiger partial charge in [-0.05, 0) is 36.4 Å². The fraction of sp³-hybridized carbons (Fsp3) is 0.105. The van der Waals surface area contributed by atoms with E-state index in [2.05, 4.69) is 15.0 Å². The molecule has 0 saturated heterocycles. The first-order valence-corrected chi connectivity index (χ1v) is 7.69. The number of ether oxygens (including phenoxy) is 1. The number of carbonyl (C=O) groups excluding carboxylic acids is 2. The number of nitrogens with two attached hydrogens (primary N) is 1. The van der Waals surface area contributed by atoms with Gasteiger partial charge >= 0.3 is 5.97 Å². The lowest BCUT2D eigenvalue weighted by Crippen LogP contribution is -2.15. The summed E-state index contributed by atoms with van der Waals surface area (Å²) in [5.41, 5.74) is 8.85. The summed E-state index contributed by atoms with van der Waals surface area (Å²) in [5, 5.41) is 3.71. The number of anilines is 2. The van der Waals surface area contributed by atoms with Crippen molar-refractivity contribution >= 4 is 34.2 Å². The number of hydrogen-bond donors (Lipinski definition) is 2. The highest BCUT2D eigenvalue weighted by Gasteiger charge is 2.09. The van der Waals surface area contributed by atoms with Gasteiger partial charge in [0.25, 0.3) is 0 Å². The highest BCUT2D eigenvalue weighted by molar-refractivity contribution is 5.94. The summed E-state index contributed by atoms with van der Waals surface area (Å²) in [6.45, 7) is 0. The fourth-order valence-corrected chi connectivity index (χ4v) is 2.49. The Kier molecular flexibility index (Phi) is 4.61. The van der Waals surface area contributed by atoms with Gasteiger partial charge in [0.15, 0.2) is 0 Å². The Hall–Kier alpha value is -3.41. The topological polar surface area (TPSA) is 94.3 Å². The third kappa shape index (κ3) is 3.74. The number of carbonyl (C=O) groups is 2. The Bertz CT molecular complexity index is 936. The molecule has 0 aliphatic heterocycles. The molecule has 126 valence electrons. The molecule has 0 bridgehead atoms. The minimum atomic E-state index is -0.421. The first-order chi connectivity index (χ1) is 12.1. The van der Waals surface area contributed by atoms with Gasteiger partial charge in [0.05, 0.1) is 36.0 Å². The van der Waals surface area contributed by atoms with Crippen molar-refractivity contribution in [2.45, 2.75) is 6.42 Å². The van der Waals surface area contributed by atoms with Crippen molar-refractivity contribution < 1.29 is 14.3 Å². The van der Waals surface area contributed by atoms with Crippen LogP contribution in [-0.4, -0.2) is 24.0 Å². The third-order valence-electron chi connectivity index (χ3n) is 3.74. The second kappa shape index (κ2) is 7.00. The minimum absolute atomic E-state index is 0.128. The smallest absolute Gasteiger partial charge is 0.337 e. The van der Waals surface area contributed by atoms with Gasteiger partial charge in [-0.3, -0.25) is 9.78 Å². The van der Waals surface area contributed by atoms with E-state index >= 15 is 0 Å². The van der Waals surface area contributed by atoms with Gasteiger partial charge in [0, 0.05) is 11.1 Å². The molecule has 3 rings (SSSR count). The van der Waals surface area contributed by atoms with Crippen LogP contribution in [0.4, 0.5) is 11.4 Å². The van der Waals surface area contributed by atoms with Gasteiger partial charge in [0.1, 0.15) is 0 Å². The van der Waals surface area contributed by atoms with Crippen molar-refractivity contribution in [2.24, 2.45) is 0 Å². The third-order valence-corrected chi connectivity index (χ3v) is 3.74. The summed E-state index contributed by atoms with van der Waals surface area (Å²) >= 11 is 0. The standard InChI is InChI=1S/C19H17N3O3/c1-25-19(24)13-6-8-14(9-7-13)21-17(23)11-15-10-5-12-3-2-4-16(20)18(12)22-15/h2-10H,11,20H2,1H3,(H,21,23). The van der Waals surface area contributed by atoms with Crippen molar-refractivity contribution in [3.8, 4) is 0 Å². The molecule has 0 fully saturated rings. The van der Waals surface area contributed by atoms with E-state index in [9.17, 15) is 9.59 Å². The number of aromatic nitrogens is 1. The molecule has 0 saturated carbocycles. The number of pyridine rings is 1. The SMILES string of the molecule is COC(=O)c1ccc(NC(=O)Cc2ccc3cccc(N)c3n2)cc1. The summed E-state index contributed by atoms with van der Waals surface area (Å²) < 4.78 is 4.64. The number of esters is 1. The van der Waals surface area contributed by atoms with E-state index in [-0.39, 0.29) is 12.3 Å². The zero-order valence-corrected chi connectivity index (χ0v) is 13.7. The molecule has 3 N–H and O–H groups in total. The number of benzene rings is 2. The summed E-state index contributed by atoms with van der Waals surface area (Å²) in [4.78, 5) is 28.1. The Morgan fingerprint density at radius 3 is 2.56 bits per heavy atom. The normalized spacial score (nSPS) is 10.4. The quantitative estimate of drug-likeness (QED) is 0.565. The second-order valence-electron chi connectivity index (χ2n) is 5.52. The van der Waals surface area contributed by atoms with E-state index in [0.717, 1.165) is 5.39 Å². The van der Waals surface area contributed by atoms with E-state index < -0.39 is 5.97 Å². The highest BCUT2D eigenvalue weighted by atomic mass is 16.5. The molecule has 6 nitrogen and oxygen atoms in total. The van der Waals surface area contributed by atoms with E-state index in [1.807, 2.05) is 24.3 Å². The van der Waals surface area contributed by atoms with Crippen LogP contribution < -0.4 is 11.1 Å².